The maximum atomic E-state index is 12.0. The van der Waals surface area contributed by atoms with Crippen molar-refractivity contribution in [3.8, 4) is 0 Å². The summed E-state index contributed by atoms with van der Waals surface area (Å²) in [5, 5.41) is 8.90. The van der Waals surface area contributed by atoms with E-state index in [0.717, 1.165) is 6.42 Å². The summed E-state index contributed by atoms with van der Waals surface area (Å²) in [5.74, 6) is -0.824. The molecule has 94 valence electrons. The molecule has 0 radical (unpaired) electrons. The summed E-state index contributed by atoms with van der Waals surface area (Å²) in [6.45, 7) is 4.08. The van der Waals surface area contributed by atoms with Crippen molar-refractivity contribution >= 4 is 11.8 Å². The van der Waals surface area contributed by atoms with Crippen molar-refractivity contribution in [2.24, 2.45) is 0 Å². The molecule has 1 heterocycles. The Morgan fingerprint density at radius 2 is 2.29 bits per heavy atom. The second-order valence-corrected chi connectivity index (χ2v) is 3.87. The van der Waals surface area contributed by atoms with Crippen LogP contribution in [0.25, 0.3) is 0 Å². The van der Waals surface area contributed by atoms with Gasteiger partial charge in [-0.05, 0) is 13.3 Å². The molecule has 1 N–H and O–H groups in total. The third kappa shape index (κ3) is 2.83. The molecule has 0 fully saturated rings. The average Bonchev–Trinajstić information content (AvgIpc) is 2.30. The highest BCUT2D eigenvalue weighted by molar-refractivity contribution is 5.76. The summed E-state index contributed by atoms with van der Waals surface area (Å²) >= 11 is 0. The molecule has 0 aliphatic heterocycles. The van der Waals surface area contributed by atoms with Crippen LogP contribution >= 0.6 is 0 Å². The van der Waals surface area contributed by atoms with Crippen LogP contribution in [0.4, 0.5) is 5.82 Å². The minimum absolute atomic E-state index is 0.163. The molecule has 1 aromatic heterocycles. The number of carboxylic acids is 1. The third-order valence-electron chi connectivity index (χ3n) is 2.63. The summed E-state index contributed by atoms with van der Waals surface area (Å²) in [5.41, 5.74) is -0.259. The van der Waals surface area contributed by atoms with Crippen molar-refractivity contribution < 1.29 is 9.90 Å². The first-order valence-electron chi connectivity index (χ1n) is 5.50. The Hall–Kier alpha value is -1.85. The van der Waals surface area contributed by atoms with E-state index in [-0.39, 0.29) is 11.4 Å². The number of likely N-dealkylation sites (N-methyl/N-ethyl adjacent to an activating group) is 1. The van der Waals surface area contributed by atoms with Gasteiger partial charge in [-0.25, -0.2) is 9.78 Å². The van der Waals surface area contributed by atoms with E-state index < -0.39 is 12.0 Å². The third-order valence-corrected chi connectivity index (χ3v) is 2.63. The molecular formula is C11H17N3O3. The lowest BCUT2D eigenvalue weighted by atomic mass is 10.3. The lowest BCUT2D eigenvalue weighted by Crippen LogP contribution is -2.40. The molecule has 0 saturated carbocycles. The molecule has 0 bridgehead atoms. The van der Waals surface area contributed by atoms with E-state index >= 15 is 0 Å². The van der Waals surface area contributed by atoms with Crippen LogP contribution in [0, 0.1) is 0 Å². The number of carboxylic acid groups (broad SMARTS) is 1. The van der Waals surface area contributed by atoms with Crippen LogP contribution in [0.3, 0.4) is 0 Å². The Bertz CT molecular complexity index is 456. The van der Waals surface area contributed by atoms with Crippen molar-refractivity contribution in [1.29, 1.82) is 0 Å². The smallest absolute Gasteiger partial charge is 0.326 e. The van der Waals surface area contributed by atoms with Gasteiger partial charge < -0.3 is 14.6 Å². The van der Waals surface area contributed by atoms with Crippen LogP contribution in [-0.2, 0) is 11.3 Å². The fraction of sp³-hybridized carbons (Fsp3) is 0.545. The van der Waals surface area contributed by atoms with Gasteiger partial charge in [0.25, 0.3) is 5.56 Å². The minimum Gasteiger partial charge on any atom is -0.480 e. The van der Waals surface area contributed by atoms with E-state index in [4.69, 9.17) is 5.11 Å². The molecule has 0 aromatic carbocycles. The fourth-order valence-electron chi connectivity index (χ4n) is 1.44. The second kappa shape index (κ2) is 5.47. The minimum atomic E-state index is -0.986. The SMILES string of the molecule is CCCn1ccnc(N(C)C(C)C(=O)O)c1=O. The fourth-order valence-corrected chi connectivity index (χ4v) is 1.44. The predicted octanol–water partition coefficient (Wildman–Crippen LogP) is 0.563. The molecule has 0 aliphatic carbocycles. The van der Waals surface area contributed by atoms with E-state index in [1.165, 1.54) is 22.6 Å². The number of hydrogen-bond donors (Lipinski definition) is 1. The molecular weight excluding hydrogens is 222 g/mol. The van der Waals surface area contributed by atoms with Gasteiger partial charge in [0, 0.05) is 26.0 Å². The summed E-state index contributed by atoms with van der Waals surface area (Å²) in [6, 6.07) is -0.785. The highest BCUT2D eigenvalue weighted by atomic mass is 16.4. The molecule has 17 heavy (non-hydrogen) atoms. The maximum absolute atomic E-state index is 12.0. The van der Waals surface area contributed by atoms with Crippen molar-refractivity contribution in [3.63, 3.8) is 0 Å². The normalized spacial score (nSPS) is 12.2. The Morgan fingerprint density at radius 1 is 1.65 bits per heavy atom. The average molecular weight is 239 g/mol. The number of anilines is 1. The highest BCUT2D eigenvalue weighted by Crippen LogP contribution is 2.06. The van der Waals surface area contributed by atoms with Gasteiger partial charge in [0.2, 0.25) is 0 Å². The van der Waals surface area contributed by atoms with Gasteiger partial charge in [-0.1, -0.05) is 6.92 Å². The standard InChI is InChI=1S/C11H17N3O3/c1-4-6-14-7-5-12-9(10(14)15)13(3)8(2)11(16)17/h5,7-8H,4,6H2,1-3H3,(H,16,17). The topological polar surface area (TPSA) is 75.4 Å². The summed E-state index contributed by atoms with van der Waals surface area (Å²) in [7, 11) is 1.55. The quantitative estimate of drug-likeness (QED) is 0.812. The number of hydrogen-bond acceptors (Lipinski definition) is 4. The van der Waals surface area contributed by atoms with Gasteiger partial charge in [0.05, 0.1) is 0 Å². The van der Waals surface area contributed by atoms with Gasteiger partial charge in [-0.15, -0.1) is 0 Å². The molecule has 1 aromatic rings. The lowest BCUT2D eigenvalue weighted by Gasteiger charge is -2.22. The highest BCUT2D eigenvalue weighted by Gasteiger charge is 2.20. The lowest BCUT2D eigenvalue weighted by molar-refractivity contribution is -0.138. The Morgan fingerprint density at radius 3 is 2.82 bits per heavy atom. The molecule has 1 atom stereocenters. The molecule has 0 aliphatic rings. The monoisotopic (exact) mass is 239 g/mol. The number of aryl methyl sites for hydroxylation is 1. The zero-order valence-corrected chi connectivity index (χ0v) is 10.3. The first kappa shape index (κ1) is 13.2. The summed E-state index contributed by atoms with van der Waals surface area (Å²) in [6.07, 6.45) is 3.95. The van der Waals surface area contributed by atoms with E-state index in [0.29, 0.717) is 6.54 Å². The Labute approximate surface area is 99.5 Å². The van der Waals surface area contributed by atoms with Crippen molar-refractivity contribution in [2.45, 2.75) is 32.9 Å². The van der Waals surface area contributed by atoms with Gasteiger partial charge in [0.15, 0.2) is 5.82 Å². The molecule has 1 unspecified atom stereocenters. The number of carbonyl (C=O) groups is 1. The van der Waals surface area contributed by atoms with Crippen LogP contribution in [0.15, 0.2) is 17.2 Å². The number of aliphatic carboxylic acids is 1. The van der Waals surface area contributed by atoms with E-state index in [9.17, 15) is 9.59 Å². The van der Waals surface area contributed by atoms with E-state index in [2.05, 4.69) is 4.98 Å². The summed E-state index contributed by atoms with van der Waals surface area (Å²) < 4.78 is 1.54. The zero-order valence-electron chi connectivity index (χ0n) is 10.3. The molecule has 6 heteroatoms. The van der Waals surface area contributed by atoms with Gasteiger partial charge >= 0.3 is 5.97 Å². The largest absolute Gasteiger partial charge is 0.480 e. The first-order chi connectivity index (χ1) is 7.99. The molecule has 0 amide bonds. The Kier molecular flexibility index (Phi) is 4.25. The Balaban J connectivity index is 3.10. The molecule has 6 nitrogen and oxygen atoms in total. The number of rotatable bonds is 5. The zero-order chi connectivity index (χ0) is 13.0. The van der Waals surface area contributed by atoms with Crippen LogP contribution < -0.4 is 10.5 Å². The van der Waals surface area contributed by atoms with Crippen LogP contribution in [0.2, 0.25) is 0 Å². The van der Waals surface area contributed by atoms with Crippen molar-refractivity contribution in [2.75, 3.05) is 11.9 Å². The van der Waals surface area contributed by atoms with E-state index in [1.54, 1.807) is 13.2 Å². The van der Waals surface area contributed by atoms with Crippen LogP contribution in [-0.4, -0.2) is 33.7 Å². The van der Waals surface area contributed by atoms with E-state index in [1.807, 2.05) is 6.92 Å². The van der Waals surface area contributed by atoms with Crippen LogP contribution in [0.1, 0.15) is 20.3 Å². The number of nitrogens with zero attached hydrogens (tertiary/aromatic N) is 3. The maximum Gasteiger partial charge on any atom is 0.326 e. The predicted molar refractivity (Wildman–Crippen MR) is 64.3 cm³/mol. The second-order valence-electron chi connectivity index (χ2n) is 3.87. The van der Waals surface area contributed by atoms with Gasteiger partial charge in [-0.2, -0.15) is 0 Å². The number of aromatic nitrogens is 2. The van der Waals surface area contributed by atoms with Gasteiger partial charge in [-0.3, -0.25) is 4.79 Å². The van der Waals surface area contributed by atoms with Gasteiger partial charge in [0.1, 0.15) is 6.04 Å². The summed E-state index contributed by atoms with van der Waals surface area (Å²) in [4.78, 5) is 28.2. The molecule has 1 rings (SSSR count). The van der Waals surface area contributed by atoms with Crippen molar-refractivity contribution in [1.82, 2.24) is 9.55 Å². The van der Waals surface area contributed by atoms with Crippen molar-refractivity contribution in [3.05, 3.63) is 22.7 Å². The molecule has 0 spiro atoms. The van der Waals surface area contributed by atoms with Crippen LogP contribution in [0.5, 0.6) is 0 Å². The molecule has 0 saturated heterocycles. The first-order valence-corrected chi connectivity index (χ1v) is 5.50.